The van der Waals surface area contributed by atoms with Crippen molar-refractivity contribution in [1.29, 1.82) is 0 Å². The molecule has 0 spiro atoms. The van der Waals surface area contributed by atoms with Gasteiger partial charge in [-0.25, -0.2) is 0 Å². The van der Waals surface area contributed by atoms with Gasteiger partial charge in [0.2, 0.25) is 5.91 Å². The Labute approximate surface area is 179 Å². The Kier molecular flexibility index (Phi) is 5.92. The van der Waals surface area contributed by atoms with Gasteiger partial charge < -0.3 is 9.88 Å². The van der Waals surface area contributed by atoms with Crippen LogP contribution in [-0.2, 0) is 11.3 Å². The van der Waals surface area contributed by atoms with E-state index in [0.717, 1.165) is 34.9 Å². The summed E-state index contributed by atoms with van der Waals surface area (Å²) in [7, 11) is 0. The zero-order chi connectivity index (χ0) is 20.4. The van der Waals surface area contributed by atoms with Crippen molar-refractivity contribution in [3.05, 3.63) is 70.0 Å². The number of nitrogens with zero attached hydrogens (tertiary/aromatic N) is 3. The first kappa shape index (κ1) is 20.0. The Morgan fingerprint density at radius 3 is 2.66 bits per heavy atom. The molecule has 1 heterocycles. The summed E-state index contributed by atoms with van der Waals surface area (Å²) in [5.74, 6) is 1.66. The summed E-state index contributed by atoms with van der Waals surface area (Å²) in [6.07, 6.45) is 2.31. The first-order valence-electron chi connectivity index (χ1n) is 9.67. The van der Waals surface area contributed by atoms with Crippen molar-refractivity contribution in [1.82, 2.24) is 14.8 Å². The number of carbonyl (C=O) groups excluding carboxylic acids is 1. The number of benzene rings is 2. The van der Waals surface area contributed by atoms with Crippen LogP contribution >= 0.6 is 23.4 Å². The Hall–Kier alpha value is -2.31. The van der Waals surface area contributed by atoms with E-state index >= 15 is 0 Å². The predicted octanol–water partition coefficient (Wildman–Crippen LogP) is 5.20. The summed E-state index contributed by atoms with van der Waals surface area (Å²) < 4.78 is 2.15. The molecule has 4 rings (SSSR count). The van der Waals surface area contributed by atoms with Crippen molar-refractivity contribution in [2.24, 2.45) is 0 Å². The lowest BCUT2D eigenvalue weighted by Gasteiger charge is -2.12. The zero-order valence-corrected chi connectivity index (χ0v) is 18.1. The van der Waals surface area contributed by atoms with Crippen LogP contribution < -0.4 is 5.32 Å². The second-order valence-corrected chi connectivity index (χ2v) is 8.81. The number of halogens is 1. The highest BCUT2D eigenvalue weighted by atomic mass is 35.5. The number of aromatic nitrogens is 3. The van der Waals surface area contributed by atoms with Crippen LogP contribution in [0.3, 0.4) is 0 Å². The maximum Gasteiger partial charge on any atom is 0.234 e. The third kappa shape index (κ3) is 4.82. The highest BCUT2D eigenvalue weighted by Crippen LogP contribution is 2.40. The average Bonchev–Trinajstić information content (AvgIpc) is 3.46. The number of thioether (sulfide) groups is 1. The van der Waals surface area contributed by atoms with Crippen LogP contribution in [0.5, 0.6) is 0 Å². The van der Waals surface area contributed by atoms with Gasteiger partial charge in [-0.1, -0.05) is 59.8 Å². The van der Waals surface area contributed by atoms with Gasteiger partial charge in [-0.2, -0.15) is 0 Å². The van der Waals surface area contributed by atoms with Crippen LogP contribution in [0.1, 0.15) is 41.3 Å². The molecule has 2 aromatic carbocycles. The van der Waals surface area contributed by atoms with E-state index < -0.39 is 0 Å². The van der Waals surface area contributed by atoms with Gasteiger partial charge in [-0.05, 0) is 49.4 Å². The lowest BCUT2D eigenvalue weighted by atomic mass is 10.1. The number of anilines is 1. The SMILES string of the molecule is Cc1cc(C)c(NC(=O)CSc2nnc(C3CC3)n2Cc2ccccc2)c(Cl)c1. The van der Waals surface area contributed by atoms with Gasteiger partial charge in [0.05, 0.1) is 23.0 Å². The van der Waals surface area contributed by atoms with Crippen LogP contribution in [0.2, 0.25) is 5.02 Å². The quantitative estimate of drug-likeness (QED) is 0.527. The third-order valence-electron chi connectivity index (χ3n) is 4.90. The van der Waals surface area contributed by atoms with Gasteiger partial charge in [0.25, 0.3) is 0 Å². The molecule has 0 saturated heterocycles. The normalized spacial score (nSPS) is 13.5. The third-order valence-corrected chi connectivity index (χ3v) is 6.16. The Morgan fingerprint density at radius 2 is 1.97 bits per heavy atom. The van der Waals surface area contributed by atoms with E-state index in [-0.39, 0.29) is 11.7 Å². The molecule has 0 bridgehead atoms. The van der Waals surface area contributed by atoms with Crippen molar-refractivity contribution in [2.75, 3.05) is 11.1 Å². The van der Waals surface area contributed by atoms with E-state index in [4.69, 9.17) is 11.6 Å². The second kappa shape index (κ2) is 8.59. The van der Waals surface area contributed by atoms with E-state index in [0.29, 0.717) is 23.2 Å². The molecule has 7 heteroatoms. The molecule has 5 nitrogen and oxygen atoms in total. The molecule has 29 heavy (non-hydrogen) atoms. The number of hydrogen-bond acceptors (Lipinski definition) is 4. The lowest BCUT2D eigenvalue weighted by molar-refractivity contribution is -0.113. The standard InChI is InChI=1S/C22H23ClN4OS/c1-14-10-15(2)20(18(23)11-14)24-19(28)13-29-22-26-25-21(17-8-9-17)27(22)12-16-6-4-3-5-7-16/h3-7,10-11,17H,8-9,12-13H2,1-2H3,(H,24,28). The van der Waals surface area contributed by atoms with E-state index in [2.05, 4.69) is 32.2 Å². The smallest absolute Gasteiger partial charge is 0.234 e. The van der Waals surface area contributed by atoms with E-state index in [1.807, 2.05) is 44.2 Å². The van der Waals surface area contributed by atoms with Crippen molar-refractivity contribution >= 4 is 35.0 Å². The largest absolute Gasteiger partial charge is 0.324 e. The first-order chi connectivity index (χ1) is 14.0. The van der Waals surface area contributed by atoms with Crippen LogP contribution in [0.25, 0.3) is 0 Å². The Morgan fingerprint density at radius 1 is 1.21 bits per heavy atom. The van der Waals surface area contributed by atoms with Crippen LogP contribution in [0, 0.1) is 13.8 Å². The minimum absolute atomic E-state index is 0.105. The van der Waals surface area contributed by atoms with Gasteiger partial charge in [0, 0.05) is 5.92 Å². The molecule has 1 amide bonds. The maximum absolute atomic E-state index is 12.5. The molecule has 1 aromatic heterocycles. The minimum Gasteiger partial charge on any atom is -0.324 e. The van der Waals surface area contributed by atoms with E-state index in [1.165, 1.54) is 17.3 Å². The van der Waals surface area contributed by atoms with E-state index in [9.17, 15) is 4.79 Å². The molecule has 1 N–H and O–H groups in total. The summed E-state index contributed by atoms with van der Waals surface area (Å²) in [6, 6.07) is 14.1. The molecule has 0 unspecified atom stereocenters. The number of aryl methyl sites for hydroxylation is 2. The molecule has 0 radical (unpaired) electrons. The summed E-state index contributed by atoms with van der Waals surface area (Å²) in [6.45, 7) is 4.64. The highest BCUT2D eigenvalue weighted by molar-refractivity contribution is 7.99. The number of nitrogens with one attached hydrogen (secondary N) is 1. The molecule has 0 atom stereocenters. The lowest BCUT2D eigenvalue weighted by Crippen LogP contribution is -2.16. The molecule has 3 aromatic rings. The first-order valence-corrected chi connectivity index (χ1v) is 11.0. The van der Waals surface area contributed by atoms with Crippen molar-refractivity contribution in [2.45, 2.75) is 44.3 Å². The average molecular weight is 427 g/mol. The summed E-state index contributed by atoms with van der Waals surface area (Å²) >= 11 is 7.72. The fourth-order valence-corrected chi connectivity index (χ4v) is 4.46. The molecule has 150 valence electrons. The number of amides is 1. The molecule has 1 aliphatic carbocycles. The van der Waals surface area contributed by atoms with Gasteiger partial charge in [0.15, 0.2) is 5.16 Å². The number of carbonyl (C=O) groups is 1. The van der Waals surface area contributed by atoms with Gasteiger partial charge >= 0.3 is 0 Å². The molecule has 1 aliphatic rings. The van der Waals surface area contributed by atoms with Crippen LogP contribution in [-0.4, -0.2) is 26.4 Å². The fraction of sp³-hybridized carbons (Fsp3) is 0.318. The number of rotatable bonds is 7. The van der Waals surface area contributed by atoms with Crippen LogP contribution in [0.4, 0.5) is 5.69 Å². The van der Waals surface area contributed by atoms with Crippen molar-refractivity contribution in [3.8, 4) is 0 Å². The van der Waals surface area contributed by atoms with Crippen molar-refractivity contribution < 1.29 is 4.79 Å². The fourth-order valence-electron chi connectivity index (χ4n) is 3.34. The monoisotopic (exact) mass is 426 g/mol. The highest BCUT2D eigenvalue weighted by Gasteiger charge is 2.30. The molecule has 1 saturated carbocycles. The topological polar surface area (TPSA) is 59.8 Å². The predicted molar refractivity (Wildman–Crippen MR) is 118 cm³/mol. The Bertz CT molecular complexity index is 1010. The number of hydrogen-bond donors (Lipinski definition) is 1. The summed E-state index contributed by atoms with van der Waals surface area (Å²) in [5.41, 5.74) is 3.90. The maximum atomic E-state index is 12.5. The second-order valence-electron chi connectivity index (χ2n) is 7.46. The molecule has 0 aliphatic heterocycles. The van der Waals surface area contributed by atoms with Crippen LogP contribution in [0.15, 0.2) is 47.6 Å². The summed E-state index contributed by atoms with van der Waals surface area (Å²) in [5, 5.41) is 13.1. The molecular weight excluding hydrogens is 404 g/mol. The van der Waals surface area contributed by atoms with E-state index in [1.54, 1.807) is 0 Å². The molecular formula is C22H23ClN4OS. The summed E-state index contributed by atoms with van der Waals surface area (Å²) in [4.78, 5) is 12.5. The molecule has 1 fully saturated rings. The van der Waals surface area contributed by atoms with Gasteiger partial charge in [-0.15, -0.1) is 10.2 Å². The van der Waals surface area contributed by atoms with Gasteiger partial charge in [-0.3, -0.25) is 4.79 Å². The van der Waals surface area contributed by atoms with Crippen molar-refractivity contribution in [3.63, 3.8) is 0 Å². The Balaban J connectivity index is 1.46. The zero-order valence-electron chi connectivity index (χ0n) is 16.5. The van der Waals surface area contributed by atoms with Gasteiger partial charge in [0.1, 0.15) is 5.82 Å². The minimum atomic E-state index is -0.105.